The van der Waals surface area contributed by atoms with Crippen LogP contribution in [0.1, 0.15) is 37.6 Å². The third-order valence-corrected chi connectivity index (χ3v) is 4.94. The van der Waals surface area contributed by atoms with E-state index in [4.69, 9.17) is 0 Å². The molecule has 0 bridgehead atoms. The number of nitrogens with zero attached hydrogens (tertiary/aromatic N) is 4. The standard InChI is InChI=1S/C19H23N5O/c1-13(2)9-17-19-15(14-5-3-4-6-16(14)22-19)7-8-24(17)18(25)10-23-12-20-11-21-23/h3-6,11-13,17,22H,7-10H2,1-2H3/t17-/m0/s1. The summed E-state index contributed by atoms with van der Waals surface area (Å²) in [6.45, 7) is 5.40. The van der Waals surface area contributed by atoms with Crippen LogP contribution in [0.3, 0.4) is 0 Å². The molecule has 130 valence electrons. The highest BCUT2D eigenvalue weighted by molar-refractivity contribution is 5.86. The van der Waals surface area contributed by atoms with Gasteiger partial charge in [0, 0.05) is 23.1 Å². The van der Waals surface area contributed by atoms with Crippen molar-refractivity contribution in [3.05, 3.63) is 48.2 Å². The van der Waals surface area contributed by atoms with Crippen LogP contribution in [-0.4, -0.2) is 37.1 Å². The fraction of sp³-hybridized carbons (Fsp3) is 0.421. The van der Waals surface area contributed by atoms with E-state index >= 15 is 0 Å². The van der Waals surface area contributed by atoms with Gasteiger partial charge < -0.3 is 9.88 Å². The smallest absolute Gasteiger partial charge is 0.244 e. The van der Waals surface area contributed by atoms with Crippen LogP contribution >= 0.6 is 0 Å². The Morgan fingerprint density at radius 2 is 2.20 bits per heavy atom. The van der Waals surface area contributed by atoms with Gasteiger partial charge in [-0.3, -0.25) is 4.79 Å². The van der Waals surface area contributed by atoms with Crippen LogP contribution in [0, 0.1) is 5.92 Å². The number of rotatable bonds is 4. The van der Waals surface area contributed by atoms with Gasteiger partial charge in [0.1, 0.15) is 19.2 Å². The molecule has 4 rings (SSSR count). The van der Waals surface area contributed by atoms with E-state index in [0.717, 1.165) is 24.9 Å². The molecule has 3 aromatic rings. The first kappa shape index (κ1) is 15.9. The summed E-state index contributed by atoms with van der Waals surface area (Å²) in [6, 6.07) is 8.50. The number of carbonyl (C=O) groups is 1. The van der Waals surface area contributed by atoms with Gasteiger partial charge in [-0.05, 0) is 30.4 Å². The van der Waals surface area contributed by atoms with Gasteiger partial charge in [0.25, 0.3) is 0 Å². The second-order valence-corrected chi connectivity index (χ2v) is 7.14. The van der Waals surface area contributed by atoms with Crippen LogP contribution in [0.25, 0.3) is 10.9 Å². The van der Waals surface area contributed by atoms with Gasteiger partial charge in [-0.1, -0.05) is 32.0 Å². The van der Waals surface area contributed by atoms with Gasteiger partial charge in [-0.15, -0.1) is 0 Å². The van der Waals surface area contributed by atoms with Crippen LogP contribution in [0.15, 0.2) is 36.9 Å². The molecule has 0 unspecified atom stereocenters. The lowest BCUT2D eigenvalue weighted by atomic mass is 9.91. The fourth-order valence-electron chi connectivity index (χ4n) is 3.85. The van der Waals surface area contributed by atoms with Crippen LogP contribution in [0.4, 0.5) is 0 Å². The topological polar surface area (TPSA) is 66.8 Å². The predicted molar refractivity (Wildman–Crippen MR) is 95.9 cm³/mol. The average Bonchev–Trinajstić information content (AvgIpc) is 3.22. The second-order valence-electron chi connectivity index (χ2n) is 7.14. The molecule has 1 aromatic carbocycles. The number of hydrogen-bond acceptors (Lipinski definition) is 3. The minimum absolute atomic E-state index is 0.0900. The lowest BCUT2D eigenvalue weighted by Gasteiger charge is -2.37. The third kappa shape index (κ3) is 2.92. The van der Waals surface area contributed by atoms with Gasteiger partial charge in [0.2, 0.25) is 5.91 Å². The van der Waals surface area contributed by atoms with Crippen LogP contribution < -0.4 is 0 Å². The molecule has 1 aliphatic heterocycles. The number of hydrogen-bond donors (Lipinski definition) is 1. The Hall–Kier alpha value is -2.63. The summed E-state index contributed by atoms with van der Waals surface area (Å²) in [5.41, 5.74) is 3.73. The van der Waals surface area contributed by atoms with E-state index < -0.39 is 0 Å². The average molecular weight is 337 g/mol. The third-order valence-electron chi connectivity index (χ3n) is 4.94. The van der Waals surface area contributed by atoms with Gasteiger partial charge in [-0.2, -0.15) is 5.10 Å². The first-order chi connectivity index (χ1) is 12.1. The number of para-hydroxylation sites is 1. The summed E-state index contributed by atoms with van der Waals surface area (Å²) in [5.74, 6) is 0.601. The molecule has 2 aromatic heterocycles. The quantitative estimate of drug-likeness (QED) is 0.796. The van der Waals surface area contributed by atoms with E-state index in [1.807, 2.05) is 4.90 Å². The van der Waals surface area contributed by atoms with Crippen molar-refractivity contribution in [2.75, 3.05) is 6.54 Å². The van der Waals surface area contributed by atoms with Crippen molar-refractivity contribution < 1.29 is 4.79 Å². The van der Waals surface area contributed by atoms with Crippen molar-refractivity contribution in [2.45, 2.75) is 39.3 Å². The van der Waals surface area contributed by atoms with E-state index in [9.17, 15) is 4.79 Å². The largest absolute Gasteiger partial charge is 0.356 e. The Morgan fingerprint density at radius 3 is 2.96 bits per heavy atom. The van der Waals surface area contributed by atoms with Crippen molar-refractivity contribution in [1.82, 2.24) is 24.6 Å². The van der Waals surface area contributed by atoms with E-state index in [-0.39, 0.29) is 18.5 Å². The molecule has 0 fully saturated rings. The lowest BCUT2D eigenvalue weighted by molar-refractivity contribution is -0.135. The number of benzene rings is 1. The molecule has 0 saturated heterocycles. The molecule has 0 saturated carbocycles. The first-order valence-electron chi connectivity index (χ1n) is 8.85. The second kappa shape index (κ2) is 6.35. The molecular weight excluding hydrogens is 314 g/mol. The Morgan fingerprint density at radius 1 is 1.36 bits per heavy atom. The fourth-order valence-corrected chi connectivity index (χ4v) is 3.85. The van der Waals surface area contributed by atoms with Crippen molar-refractivity contribution in [1.29, 1.82) is 0 Å². The van der Waals surface area contributed by atoms with Crippen molar-refractivity contribution >= 4 is 16.8 Å². The number of H-pyrrole nitrogens is 1. The number of carbonyl (C=O) groups excluding carboxylic acids is 1. The van der Waals surface area contributed by atoms with Crippen LogP contribution in [0.5, 0.6) is 0 Å². The maximum absolute atomic E-state index is 12.9. The molecule has 1 N–H and O–H groups in total. The highest BCUT2D eigenvalue weighted by Gasteiger charge is 2.33. The van der Waals surface area contributed by atoms with Crippen molar-refractivity contribution in [3.8, 4) is 0 Å². The van der Waals surface area contributed by atoms with Gasteiger partial charge in [0.15, 0.2) is 0 Å². The summed E-state index contributed by atoms with van der Waals surface area (Å²) in [6.07, 6.45) is 4.89. The maximum Gasteiger partial charge on any atom is 0.244 e. The monoisotopic (exact) mass is 337 g/mol. The number of amides is 1. The number of aromatic nitrogens is 4. The van der Waals surface area contributed by atoms with Gasteiger partial charge >= 0.3 is 0 Å². The Bertz CT molecular complexity index is 881. The van der Waals surface area contributed by atoms with Gasteiger partial charge in [0.05, 0.1) is 6.04 Å². The maximum atomic E-state index is 12.9. The van der Waals surface area contributed by atoms with E-state index in [1.165, 1.54) is 23.0 Å². The number of fused-ring (bicyclic) bond motifs is 3. The van der Waals surface area contributed by atoms with E-state index in [2.05, 4.69) is 53.2 Å². The highest BCUT2D eigenvalue weighted by atomic mass is 16.2. The molecular formula is C19H23N5O. The van der Waals surface area contributed by atoms with E-state index in [0.29, 0.717) is 5.92 Å². The van der Waals surface area contributed by atoms with E-state index in [1.54, 1.807) is 11.0 Å². The number of nitrogens with one attached hydrogen (secondary N) is 1. The molecule has 0 aliphatic carbocycles. The number of aromatic amines is 1. The Balaban J connectivity index is 1.69. The normalized spacial score (nSPS) is 17.2. The molecule has 1 amide bonds. The lowest BCUT2D eigenvalue weighted by Crippen LogP contribution is -2.42. The molecule has 0 spiro atoms. The minimum Gasteiger partial charge on any atom is -0.356 e. The summed E-state index contributed by atoms with van der Waals surface area (Å²) in [7, 11) is 0. The predicted octanol–water partition coefficient (Wildman–Crippen LogP) is 2.93. The molecule has 6 nitrogen and oxygen atoms in total. The summed E-state index contributed by atoms with van der Waals surface area (Å²) < 4.78 is 1.59. The summed E-state index contributed by atoms with van der Waals surface area (Å²) >= 11 is 0. The first-order valence-corrected chi connectivity index (χ1v) is 8.85. The van der Waals surface area contributed by atoms with Crippen LogP contribution in [-0.2, 0) is 17.8 Å². The molecule has 0 radical (unpaired) electrons. The minimum atomic E-state index is 0.0900. The van der Waals surface area contributed by atoms with Crippen molar-refractivity contribution in [2.24, 2.45) is 5.92 Å². The molecule has 3 heterocycles. The summed E-state index contributed by atoms with van der Waals surface area (Å²) in [5, 5.41) is 5.35. The van der Waals surface area contributed by atoms with Crippen molar-refractivity contribution in [3.63, 3.8) is 0 Å². The molecule has 25 heavy (non-hydrogen) atoms. The van der Waals surface area contributed by atoms with Crippen LogP contribution in [0.2, 0.25) is 0 Å². The zero-order valence-corrected chi connectivity index (χ0v) is 14.6. The highest BCUT2D eigenvalue weighted by Crippen LogP contribution is 2.37. The molecule has 1 atom stereocenters. The Kier molecular flexibility index (Phi) is 4.03. The zero-order valence-electron chi connectivity index (χ0n) is 14.6. The summed E-state index contributed by atoms with van der Waals surface area (Å²) in [4.78, 5) is 22.4. The Labute approximate surface area is 146 Å². The zero-order chi connectivity index (χ0) is 17.4. The molecule has 1 aliphatic rings. The SMILES string of the molecule is CC(C)C[C@H]1c2[nH]c3ccccc3c2CCN1C(=O)Cn1cncn1. The van der Waals surface area contributed by atoms with Gasteiger partial charge in [-0.25, -0.2) is 9.67 Å². The molecule has 6 heteroatoms.